The Morgan fingerprint density at radius 3 is 2.29 bits per heavy atom. The number of aromatic carboxylic acids is 1. The van der Waals surface area contributed by atoms with Crippen molar-refractivity contribution in [1.29, 1.82) is 0 Å². The second kappa shape index (κ2) is 8.78. The summed E-state index contributed by atoms with van der Waals surface area (Å²) in [6.45, 7) is 6.25. The fourth-order valence-electron chi connectivity index (χ4n) is 4.31. The van der Waals surface area contributed by atoms with Crippen molar-refractivity contribution in [1.82, 2.24) is 9.80 Å². The summed E-state index contributed by atoms with van der Waals surface area (Å²) in [6, 6.07) is 16.9. The molecule has 0 bridgehead atoms. The maximum Gasteiger partial charge on any atom is 0.335 e. The number of carbonyl (C=O) groups is 2. The molecule has 2 aromatic carbocycles. The van der Waals surface area contributed by atoms with E-state index in [2.05, 4.69) is 18.7 Å². The van der Waals surface area contributed by atoms with Gasteiger partial charge in [0.2, 0.25) is 0 Å². The number of carboxylic acids is 1. The Morgan fingerprint density at radius 2 is 1.68 bits per heavy atom. The van der Waals surface area contributed by atoms with Gasteiger partial charge in [-0.25, -0.2) is 4.79 Å². The Labute approximate surface area is 181 Å². The molecular formula is C25H26N2O4. The lowest BCUT2D eigenvalue weighted by Gasteiger charge is -2.44. The largest absolute Gasteiger partial charge is 0.478 e. The summed E-state index contributed by atoms with van der Waals surface area (Å²) in [7, 11) is 0. The molecule has 0 spiro atoms. The molecule has 0 aliphatic carbocycles. The Morgan fingerprint density at radius 1 is 1.00 bits per heavy atom. The first kappa shape index (κ1) is 20.9. The third-order valence-electron chi connectivity index (χ3n) is 5.94. The van der Waals surface area contributed by atoms with E-state index in [1.807, 2.05) is 47.4 Å². The van der Waals surface area contributed by atoms with Gasteiger partial charge in [-0.05, 0) is 49.2 Å². The molecule has 160 valence electrons. The lowest BCUT2D eigenvalue weighted by Crippen LogP contribution is -2.57. The Hall–Kier alpha value is -3.38. The molecule has 31 heavy (non-hydrogen) atoms. The van der Waals surface area contributed by atoms with E-state index in [1.165, 1.54) is 0 Å². The second-order valence-electron chi connectivity index (χ2n) is 8.14. The molecule has 1 amide bonds. The molecule has 1 N–H and O–H groups in total. The first-order valence-corrected chi connectivity index (χ1v) is 10.4. The molecule has 6 nitrogen and oxygen atoms in total. The van der Waals surface area contributed by atoms with E-state index in [-0.39, 0.29) is 23.6 Å². The molecule has 1 saturated heterocycles. The highest BCUT2D eigenvalue weighted by Crippen LogP contribution is 2.27. The van der Waals surface area contributed by atoms with E-state index in [0.29, 0.717) is 18.7 Å². The summed E-state index contributed by atoms with van der Waals surface area (Å²) in [4.78, 5) is 28.8. The number of rotatable bonds is 5. The van der Waals surface area contributed by atoms with E-state index in [0.717, 1.165) is 23.2 Å². The second-order valence-corrected chi connectivity index (χ2v) is 8.14. The summed E-state index contributed by atoms with van der Waals surface area (Å²) < 4.78 is 5.21. The van der Waals surface area contributed by atoms with Gasteiger partial charge in [-0.3, -0.25) is 9.69 Å². The molecule has 0 unspecified atom stereocenters. The van der Waals surface area contributed by atoms with Crippen molar-refractivity contribution in [3.8, 4) is 11.1 Å². The fraction of sp³-hybridized carbons (Fsp3) is 0.280. The van der Waals surface area contributed by atoms with Crippen LogP contribution in [0, 0.1) is 0 Å². The summed E-state index contributed by atoms with van der Waals surface area (Å²) in [5.41, 5.74) is 3.81. The number of carboxylic acid groups (broad SMARTS) is 1. The van der Waals surface area contributed by atoms with Crippen molar-refractivity contribution in [3.63, 3.8) is 0 Å². The third-order valence-corrected chi connectivity index (χ3v) is 5.94. The number of hydrogen-bond donors (Lipinski definition) is 1. The van der Waals surface area contributed by atoms with Crippen LogP contribution in [-0.2, 0) is 6.54 Å². The summed E-state index contributed by atoms with van der Waals surface area (Å²) in [6.07, 6.45) is 3.27. The van der Waals surface area contributed by atoms with E-state index in [1.54, 1.807) is 24.7 Å². The van der Waals surface area contributed by atoms with Crippen LogP contribution in [0.2, 0.25) is 0 Å². The molecule has 2 heterocycles. The first-order valence-electron chi connectivity index (χ1n) is 10.4. The summed E-state index contributed by atoms with van der Waals surface area (Å²) in [5.74, 6) is -0.892. The van der Waals surface area contributed by atoms with Gasteiger partial charge in [-0.2, -0.15) is 0 Å². The van der Waals surface area contributed by atoms with Gasteiger partial charge in [-0.15, -0.1) is 0 Å². The fourth-order valence-corrected chi connectivity index (χ4v) is 4.31. The van der Waals surface area contributed by atoms with E-state index < -0.39 is 5.97 Å². The van der Waals surface area contributed by atoms with Gasteiger partial charge >= 0.3 is 5.97 Å². The maximum atomic E-state index is 13.4. The molecule has 2 atom stereocenters. The maximum absolute atomic E-state index is 13.4. The minimum atomic E-state index is -0.920. The highest BCUT2D eigenvalue weighted by atomic mass is 16.4. The molecule has 1 aliphatic rings. The van der Waals surface area contributed by atoms with E-state index >= 15 is 0 Å². The van der Waals surface area contributed by atoms with Crippen molar-refractivity contribution < 1.29 is 19.1 Å². The van der Waals surface area contributed by atoms with Crippen LogP contribution in [0.15, 0.2) is 71.5 Å². The molecule has 0 saturated carbocycles. The zero-order valence-corrected chi connectivity index (χ0v) is 17.7. The molecular weight excluding hydrogens is 392 g/mol. The van der Waals surface area contributed by atoms with Crippen LogP contribution < -0.4 is 0 Å². The van der Waals surface area contributed by atoms with E-state index in [9.17, 15) is 9.59 Å². The van der Waals surface area contributed by atoms with Crippen molar-refractivity contribution in [2.24, 2.45) is 0 Å². The lowest BCUT2D eigenvalue weighted by molar-refractivity contribution is 0.0270. The molecule has 0 radical (unpaired) electrons. The van der Waals surface area contributed by atoms with Crippen molar-refractivity contribution in [3.05, 3.63) is 83.8 Å². The van der Waals surface area contributed by atoms with Gasteiger partial charge in [0.25, 0.3) is 5.91 Å². The number of amides is 1. The number of nitrogens with zero attached hydrogens (tertiary/aromatic N) is 2. The van der Waals surface area contributed by atoms with Gasteiger partial charge in [0.15, 0.2) is 0 Å². The third kappa shape index (κ3) is 4.39. The van der Waals surface area contributed by atoms with Crippen LogP contribution in [-0.4, -0.2) is 52.0 Å². The van der Waals surface area contributed by atoms with Crippen molar-refractivity contribution in [2.45, 2.75) is 32.5 Å². The number of furan rings is 1. The Bertz CT molecular complexity index is 1050. The van der Waals surface area contributed by atoms with E-state index in [4.69, 9.17) is 9.52 Å². The standard InChI is InChI=1S/C25H26N2O4/c1-17-13-26(24(28)23-6-4-3-5-22(23)21-11-12-31-16-21)14-18(2)27(17)15-19-7-9-20(10-8-19)25(29)30/h3-12,16-18H,13-15H2,1-2H3,(H,29,30)/t17-,18+. The SMILES string of the molecule is C[C@@H]1CN(C(=O)c2ccccc2-c2ccoc2)C[C@H](C)N1Cc1ccc(C(=O)O)cc1. The molecule has 1 aromatic heterocycles. The highest BCUT2D eigenvalue weighted by molar-refractivity contribution is 6.00. The predicted molar refractivity (Wildman–Crippen MR) is 118 cm³/mol. The topological polar surface area (TPSA) is 74.0 Å². The van der Waals surface area contributed by atoms with Crippen molar-refractivity contribution in [2.75, 3.05) is 13.1 Å². The summed E-state index contributed by atoms with van der Waals surface area (Å²) >= 11 is 0. The van der Waals surface area contributed by atoms with Crippen LogP contribution in [0.1, 0.15) is 40.1 Å². The quantitative estimate of drug-likeness (QED) is 0.666. The van der Waals surface area contributed by atoms with Crippen LogP contribution in [0.5, 0.6) is 0 Å². The van der Waals surface area contributed by atoms with Crippen LogP contribution in [0.3, 0.4) is 0 Å². The minimum Gasteiger partial charge on any atom is -0.478 e. The monoisotopic (exact) mass is 418 g/mol. The van der Waals surface area contributed by atoms with Crippen molar-refractivity contribution >= 4 is 11.9 Å². The van der Waals surface area contributed by atoms with Crippen LogP contribution in [0.25, 0.3) is 11.1 Å². The lowest BCUT2D eigenvalue weighted by atomic mass is 9.99. The smallest absolute Gasteiger partial charge is 0.335 e. The average Bonchev–Trinajstić information content (AvgIpc) is 3.31. The molecule has 3 aromatic rings. The number of carbonyl (C=O) groups excluding carboxylic acids is 1. The van der Waals surface area contributed by atoms with Gasteiger partial charge in [-0.1, -0.05) is 30.3 Å². The Balaban J connectivity index is 1.48. The molecule has 1 fully saturated rings. The zero-order valence-electron chi connectivity index (χ0n) is 17.7. The van der Waals surface area contributed by atoms with Crippen LogP contribution >= 0.6 is 0 Å². The average molecular weight is 418 g/mol. The number of hydrogen-bond acceptors (Lipinski definition) is 4. The normalized spacial score (nSPS) is 19.4. The number of piperazine rings is 1. The number of benzene rings is 2. The first-order chi connectivity index (χ1) is 14.9. The van der Waals surface area contributed by atoms with Gasteiger partial charge < -0.3 is 14.4 Å². The summed E-state index contributed by atoms with van der Waals surface area (Å²) in [5, 5.41) is 9.08. The molecule has 4 rings (SSSR count). The zero-order chi connectivity index (χ0) is 22.0. The van der Waals surface area contributed by atoms with Crippen LogP contribution in [0.4, 0.5) is 0 Å². The predicted octanol–water partition coefficient (Wildman–Crippen LogP) is 4.38. The molecule has 1 aliphatic heterocycles. The Kier molecular flexibility index (Phi) is 5.91. The highest BCUT2D eigenvalue weighted by Gasteiger charge is 2.32. The van der Waals surface area contributed by atoms with Gasteiger partial charge in [0.1, 0.15) is 0 Å². The molecule has 6 heteroatoms. The minimum absolute atomic E-state index is 0.0287. The van der Waals surface area contributed by atoms with Gasteiger partial charge in [0.05, 0.1) is 18.1 Å². The van der Waals surface area contributed by atoms with Gasteiger partial charge in [0, 0.05) is 42.8 Å².